The van der Waals surface area contributed by atoms with Gasteiger partial charge in [0.05, 0.1) is 0 Å². The number of rotatable bonds is 6. The molecule has 0 aliphatic heterocycles. The van der Waals surface area contributed by atoms with E-state index in [4.69, 9.17) is 0 Å². The zero-order chi connectivity index (χ0) is 14.4. The van der Waals surface area contributed by atoms with Gasteiger partial charge in [-0.05, 0) is 25.2 Å². The molecule has 0 radical (unpaired) electrons. The molecule has 1 fully saturated rings. The number of anilines is 2. The van der Waals surface area contributed by atoms with Crippen molar-refractivity contribution in [3.8, 4) is 0 Å². The van der Waals surface area contributed by atoms with Crippen LogP contribution in [0.2, 0.25) is 0 Å². The molecule has 4 heteroatoms. The molecule has 0 saturated heterocycles. The molecule has 0 spiro atoms. The SMILES string of the molecule is CCc1nc(NC)cc(NC(CC)C2CCCCC2)n1. The average Bonchev–Trinajstić information content (AvgIpc) is 2.53. The van der Waals surface area contributed by atoms with E-state index >= 15 is 0 Å². The summed E-state index contributed by atoms with van der Waals surface area (Å²) in [7, 11) is 1.91. The minimum absolute atomic E-state index is 0.541. The Bertz CT molecular complexity index is 391. The Morgan fingerprint density at radius 2 is 1.85 bits per heavy atom. The van der Waals surface area contributed by atoms with Crippen LogP contribution >= 0.6 is 0 Å². The smallest absolute Gasteiger partial charge is 0.132 e. The van der Waals surface area contributed by atoms with Gasteiger partial charge < -0.3 is 10.6 Å². The highest BCUT2D eigenvalue weighted by Crippen LogP contribution is 2.29. The van der Waals surface area contributed by atoms with Gasteiger partial charge in [-0.3, -0.25) is 0 Å². The molecule has 2 N–H and O–H groups in total. The molecule has 2 rings (SSSR count). The summed E-state index contributed by atoms with van der Waals surface area (Å²) >= 11 is 0. The first-order valence-corrected chi connectivity index (χ1v) is 8.09. The van der Waals surface area contributed by atoms with E-state index < -0.39 is 0 Å². The summed E-state index contributed by atoms with van der Waals surface area (Å²) in [6, 6.07) is 2.56. The van der Waals surface area contributed by atoms with E-state index in [1.807, 2.05) is 13.1 Å². The second-order valence-corrected chi connectivity index (χ2v) is 5.72. The quantitative estimate of drug-likeness (QED) is 0.828. The fraction of sp³-hybridized carbons (Fsp3) is 0.750. The highest BCUT2D eigenvalue weighted by Gasteiger charge is 2.22. The number of nitrogens with one attached hydrogen (secondary N) is 2. The van der Waals surface area contributed by atoms with Gasteiger partial charge in [0.25, 0.3) is 0 Å². The Kier molecular flexibility index (Phi) is 5.62. The van der Waals surface area contributed by atoms with Gasteiger partial charge in [-0.2, -0.15) is 0 Å². The van der Waals surface area contributed by atoms with E-state index in [0.29, 0.717) is 6.04 Å². The lowest BCUT2D eigenvalue weighted by Gasteiger charge is -2.30. The van der Waals surface area contributed by atoms with Crippen molar-refractivity contribution in [2.75, 3.05) is 17.7 Å². The molecule has 112 valence electrons. The van der Waals surface area contributed by atoms with Crippen molar-refractivity contribution >= 4 is 11.6 Å². The van der Waals surface area contributed by atoms with Crippen LogP contribution in [0.25, 0.3) is 0 Å². The minimum atomic E-state index is 0.541. The van der Waals surface area contributed by atoms with Gasteiger partial charge in [0.2, 0.25) is 0 Å². The Morgan fingerprint density at radius 3 is 2.45 bits per heavy atom. The molecule has 0 aromatic carbocycles. The van der Waals surface area contributed by atoms with Crippen LogP contribution < -0.4 is 10.6 Å². The largest absolute Gasteiger partial charge is 0.373 e. The topological polar surface area (TPSA) is 49.8 Å². The third-order valence-electron chi connectivity index (χ3n) is 4.34. The second kappa shape index (κ2) is 7.46. The molecular weight excluding hydrogens is 248 g/mol. The zero-order valence-electron chi connectivity index (χ0n) is 13.1. The van der Waals surface area contributed by atoms with Crippen molar-refractivity contribution in [1.82, 2.24) is 9.97 Å². The van der Waals surface area contributed by atoms with Gasteiger partial charge in [-0.25, -0.2) is 9.97 Å². The van der Waals surface area contributed by atoms with Crippen molar-refractivity contribution in [3.63, 3.8) is 0 Å². The van der Waals surface area contributed by atoms with Crippen molar-refractivity contribution in [2.24, 2.45) is 5.92 Å². The van der Waals surface area contributed by atoms with E-state index in [-0.39, 0.29) is 0 Å². The molecule has 0 bridgehead atoms. The van der Waals surface area contributed by atoms with Crippen LogP contribution in [0.4, 0.5) is 11.6 Å². The van der Waals surface area contributed by atoms with Crippen LogP contribution in [0.5, 0.6) is 0 Å². The van der Waals surface area contributed by atoms with Crippen LogP contribution in [0, 0.1) is 5.92 Å². The molecular formula is C16H28N4. The number of aromatic nitrogens is 2. The van der Waals surface area contributed by atoms with Crippen molar-refractivity contribution in [2.45, 2.75) is 64.8 Å². The summed E-state index contributed by atoms with van der Waals surface area (Å²) in [5.41, 5.74) is 0. The molecule has 1 heterocycles. The summed E-state index contributed by atoms with van der Waals surface area (Å²) in [6.45, 7) is 4.37. The van der Waals surface area contributed by atoms with Gasteiger partial charge in [-0.15, -0.1) is 0 Å². The Labute approximate surface area is 122 Å². The maximum absolute atomic E-state index is 4.62. The summed E-state index contributed by atoms with van der Waals surface area (Å²) in [4.78, 5) is 9.07. The fourth-order valence-electron chi connectivity index (χ4n) is 3.14. The van der Waals surface area contributed by atoms with E-state index in [2.05, 4.69) is 34.4 Å². The summed E-state index contributed by atoms with van der Waals surface area (Å²) < 4.78 is 0. The van der Waals surface area contributed by atoms with Gasteiger partial charge in [-0.1, -0.05) is 33.1 Å². The number of nitrogens with zero attached hydrogens (tertiary/aromatic N) is 2. The first-order chi connectivity index (χ1) is 9.76. The van der Waals surface area contributed by atoms with E-state index in [9.17, 15) is 0 Å². The van der Waals surface area contributed by atoms with E-state index in [1.165, 1.54) is 32.1 Å². The van der Waals surface area contributed by atoms with Crippen molar-refractivity contribution < 1.29 is 0 Å². The molecule has 1 aromatic heterocycles. The van der Waals surface area contributed by atoms with Crippen molar-refractivity contribution in [1.29, 1.82) is 0 Å². The number of aryl methyl sites for hydroxylation is 1. The molecule has 1 aliphatic carbocycles. The fourth-order valence-corrected chi connectivity index (χ4v) is 3.14. The standard InChI is InChI=1S/C16H28N4/c1-4-13(12-9-7-6-8-10-12)18-16-11-15(17-3)19-14(5-2)20-16/h11-13H,4-10H2,1-3H3,(H2,17,18,19,20). The first kappa shape index (κ1) is 15.1. The number of hydrogen-bond donors (Lipinski definition) is 2. The summed E-state index contributed by atoms with van der Waals surface area (Å²) in [6.07, 6.45) is 8.91. The van der Waals surface area contributed by atoms with Gasteiger partial charge in [0.1, 0.15) is 17.5 Å². The molecule has 1 saturated carbocycles. The monoisotopic (exact) mass is 276 g/mol. The Hall–Kier alpha value is -1.32. The maximum Gasteiger partial charge on any atom is 0.132 e. The first-order valence-electron chi connectivity index (χ1n) is 8.09. The lowest BCUT2D eigenvalue weighted by molar-refractivity contribution is 0.312. The van der Waals surface area contributed by atoms with E-state index in [1.54, 1.807) is 0 Å². The summed E-state index contributed by atoms with van der Waals surface area (Å²) in [5.74, 6) is 3.57. The summed E-state index contributed by atoms with van der Waals surface area (Å²) in [5, 5.41) is 6.78. The average molecular weight is 276 g/mol. The molecule has 20 heavy (non-hydrogen) atoms. The normalized spacial score (nSPS) is 17.8. The van der Waals surface area contributed by atoms with Crippen LogP contribution in [0.3, 0.4) is 0 Å². The molecule has 1 unspecified atom stereocenters. The van der Waals surface area contributed by atoms with Crippen LogP contribution in [0.1, 0.15) is 58.2 Å². The Morgan fingerprint density at radius 1 is 1.15 bits per heavy atom. The minimum Gasteiger partial charge on any atom is -0.373 e. The molecule has 1 aliphatic rings. The van der Waals surface area contributed by atoms with Crippen LogP contribution in [-0.2, 0) is 6.42 Å². The van der Waals surface area contributed by atoms with E-state index in [0.717, 1.165) is 36.2 Å². The zero-order valence-corrected chi connectivity index (χ0v) is 13.1. The van der Waals surface area contributed by atoms with Crippen molar-refractivity contribution in [3.05, 3.63) is 11.9 Å². The molecule has 1 aromatic rings. The third-order valence-corrected chi connectivity index (χ3v) is 4.34. The Balaban J connectivity index is 2.09. The highest BCUT2D eigenvalue weighted by molar-refractivity contribution is 5.47. The lowest BCUT2D eigenvalue weighted by atomic mass is 9.83. The van der Waals surface area contributed by atoms with Gasteiger partial charge >= 0.3 is 0 Å². The predicted octanol–water partition coefficient (Wildman–Crippen LogP) is 3.85. The molecule has 0 amide bonds. The predicted molar refractivity (Wildman–Crippen MR) is 85.2 cm³/mol. The van der Waals surface area contributed by atoms with Gasteiger partial charge in [0.15, 0.2) is 0 Å². The highest BCUT2D eigenvalue weighted by atomic mass is 15.1. The van der Waals surface area contributed by atoms with Crippen LogP contribution in [-0.4, -0.2) is 23.1 Å². The third kappa shape index (κ3) is 3.84. The molecule has 1 atom stereocenters. The second-order valence-electron chi connectivity index (χ2n) is 5.72. The van der Waals surface area contributed by atoms with Gasteiger partial charge in [0, 0.05) is 25.6 Å². The van der Waals surface area contributed by atoms with Crippen LogP contribution in [0.15, 0.2) is 6.07 Å². The number of hydrogen-bond acceptors (Lipinski definition) is 4. The molecule has 4 nitrogen and oxygen atoms in total. The maximum atomic E-state index is 4.62. The lowest BCUT2D eigenvalue weighted by Crippen LogP contribution is -2.30.